The minimum atomic E-state index is -4.43. The van der Waals surface area contributed by atoms with E-state index in [0.29, 0.717) is 15.8 Å². The molecule has 3 heterocycles. The molecule has 27 heavy (non-hydrogen) atoms. The molecule has 0 atom stereocenters. The number of hydrogen-bond acceptors (Lipinski definition) is 4. The highest BCUT2D eigenvalue weighted by molar-refractivity contribution is 9.10. The number of hydrazine groups is 1. The van der Waals surface area contributed by atoms with Crippen LogP contribution in [0.3, 0.4) is 0 Å². The normalized spacial score (nSPS) is 14.6. The van der Waals surface area contributed by atoms with Crippen LogP contribution in [0, 0.1) is 0 Å². The molecular weight excluding hydrogens is 427 g/mol. The average molecular weight is 440 g/mol. The molecule has 0 unspecified atom stereocenters. The maximum atomic E-state index is 13.3. The van der Waals surface area contributed by atoms with Crippen molar-refractivity contribution in [3.8, 4) is 0 Å². The van der Waals surface area contributed by atoms with Gasteiger partial charge in [-0.15, -0.1) is 0 Å². The maximum absolute atomic E-state index is 13.3. The van der Waals surface area contributed by atoms with Crippen molar-refractivity contribution < 1.29 is 18.0 Å². The van der Waals surface area contributed by atoms with Crippen molar-refractivity contribution in [1.82, 2.24) is 19.6 Å². The number of amides is 1. The van der Waals surface area contributed by atoms with Gasteiger partial charge in [-0.3, -0.25) is 9.80 Å². The van der Waals surface area contributed by atoms with Gasteiger partial charge in [-0.25, -0.2) is 14.5 Å². The van der Waals surface area contributed by atoms with Gasteiger partial charge in [-0.1, -0.05) is 6.07 Å². The van der Waals surface area contributed by atoms with E-state index in [1.54, 1.807) is 31.6 Å². The number of carbonyl (C=O) groups excluding carboxylic acids is 1. The Hall–Kier alpha value is -2.62. The predicted octanol–water partition coefficient (Wildman–Crippen LogP) is 3.56. The molecule has 3 aromatic rings. The Bertz CT molecular complexity index is 1050. The average Bonchev–Trinajstić information content (AvgIpc) is 3.03. The summed E-state index contributed by atoms with van der Waals surface area (Å²) < 4.78 is 41.9. The van der Waals surface area contributed by atoms with E-state index < -0.39 is 17.6 Å². The molecule has 10 heteroatoms. The van der Waals surface area contributed by atoms with Crippen molar-refractivity contribution in [3.63, 3.8) is 0 Å². The Morgan fingerprint density at radius 1 is 1.30 bits per heavy atom. The SMILES string of the molecule is CN1c2cccc(C(F)(F)F)c2CCN1C(=O)c1cc2ncc(Br)cn2n1. The van der Waals surface area contributed by atoms with Crippen molar-refractivity contribution in [2.24, 2.45) is 0 Å². The fourth-order valence-corrected chi connectivity index (χ4v) is 3.53. The molecule has 1 aliphatic rings. The van der Waals surface area contributed by atoms with Gasteiger partial charge in [-0.05, 0) is 40.0 Å². The summed E-state index contributed by atoms with van der Waals surface area (Å²) >= 11 is 3.29. The van der Waals surface area contributed by atoms with Gasteiger partial charge in [-0.2, -0.15) is 18.3 Å². The number of aromatic nitrogens is 3. The molecular formula is C17H13BrF3N5O. The lowest BCUT2D eigenvalue weighted by atomic mass is 9.99. The van der Waals surface area contributed by atoms with Crippen LogP contribution in [0.4, 0.5) is 18.9 Å². The Kier molecular flexibility index (Phi) is 4.10. The molecule has 0 fully saturated rings. The van der Waals surface area contributed by atoms with Gasteiger partial charge in [0.2, 0.25) is 0 Å². The molecule has 0 N–H and O–H groups in total. The van der Waals surface area contributed by atoms with E-state index in [1.807, 2.05) is 0 Å². The van der Waals surface area contributed by atoms with Crippen LogP contribution in [-0.4, -0.2) is 39.1 Å². The lowest BCUT2D eigenvalue weighted by molar-refractivity contribution is -0.138. The standard InChI is InChI=1S/C17H13BrF3N5O/c1-24-14-4-2-3-12(17(19,20)21)11(14)5-6-26(24)16(27)13-7-15-22-8-10(18)9-25(15)23-13/h2-4,7-9H,5-6H2,1H3. The van der Waals surface area contributed by atoms with Crippen molar-refractivity contribution in [3.05, 3.63) is 58.0 Å². The monoisotopic (exact) mass is 439 g/mol. The number of fused-ring (bicyclic) bond motifs is 2. The lowest BCUT2D eigenvalue weighted by Gasteiger charge is -2.39. The summed E-state index contributed by atoms with van der Waals surface area (Å²) in [6, 6.07) is 5.53. The number of rotatable bonds is 1. The van der Waals surface area contributed by atoms with Gasteiger partial charge < -0.3 is 0 Å². The van der Waals surface area contributed by atoms with Crippen LogP contribution in [0.5, 0.6) is 0 Å². The number of benzene rings is 1. The second-order valence-electron chi connectivity index (χ2n) is 6.11. The highest BCUT2D eigenvalue weighted by atomic mass is 79.9. The molecule has 4 rings (SSSR count). The van der Waals surface area contributed by atoms with E-state index >= 15 is 0 Å². The fourth-order valence-electron chi connectivity index (χ4n) is 3.23. The quantitative estimate of drug-likeness (QED) is 0.581. The molecule has 0 saturated heterocycles. The molecule has 0 spiro atoms. The van der Waals surface area contributed by atoms with Crippen molar-refractivity contribution >= 4 is 33.2 Å². The third kappa shape index (κ3) is 3.03. The summed E-state index contributed by atoms with van der Waals surface area (Å²) in [6.45, 7) is 0.125. The topological polar surface area (TPSA) is 53.7 Å². The first-order valence-electron chi connectivity index (χ1n) is 8.01. The van der Waals surface area contributed by atoms with Crippen molar-refractivity contribution in [2.45, 2.75) is 12.6 Å². The molecule has 0 saturated carbocycles. The number of carbonyl (C=O) groups is 1. The number of halogens is 4. The summed E-state index contributed by atoms with van der Waals surface area (Å²) in [5.41, 5.74) is 0.552. The largest absolute Gasteiger partial charge is 0.416 e. The van der Waals surface area contributed by atoms with E-state index in [9.17, 15) is 18.0 Å². The minimum Gasteiger partial charge on any atom is -0.285 e. The molecule has 6 nitrogen and oxygen atoms in total. The van der Waals surface area contributed by atoms with Gasteiger partial charge in [0.1, 0.15) is 0 Å². The van der Waals surface area contributed by atoms with E-state index in [1.165, 1.54) is 20.6 Å². The Morgan fingerprint density at radius 2 is 2.07 bits per heavy atom. The molecule has 1 aliphatic heterocycles. The van der Waals surface area contributed by atoms with Crippen LogP contribution >= 0.6 is 15.9 Å². The Labute approximate surface area is 160 Å². The van der Waals surface area contributed by atoms with Crippen LogP contribution < -0.4 is 5.01 Å². The second kappa shape index (κ2) is 6.22. The third-order valence-electron chi connectivity index (χ3n) is 4.48. The van der Waals surface area contributed by atoms with Gasteiger partial charge in [0.15, 0.2) is 11.3 Å². The maximum Gasteiger partial charge on any atom is 0.416 e. The van der Waals surface area contributed by atoms with E-state index in [-0.39, 0.29) is 24.2 Å². The Balaban J connectivity index is 1.68. The number of alkyl halides is 3. The molecule has 0 aliphatic carbocycles. The molecule has 1 aromatic carbocycles. The highest BCUT2D eigenvalue weighted by Gasteiger charge is 2.37. The highest BCUT2D eigenvalue weighted by Crippen LogP contribution is 2.38. The molecule has 2 aromatic heterocycles. The summed E-state index contributed by atoms with van der Waals surface area (Å²) in [4.78, 5) is 17.1. The van der Waals surface area contributed by atoms with Crippen LogP contribution in [0.2, 0.25) is 0 Å². The number of hydrogen-bond donors (Lipinski definition) is 0. The zero-order valence-corrected chi connectivity index (χ0v) is 15.6. The first kappa shape index (κ1) is 17.8. The van der Waals surface area contributed by atoms with Gasteiger partial charge in [0.25, 0.3) is 5.91 Å². The number of anilines is 1. The van der Waals surface area contributed by atoms with Gasteiger partial charge >= 0.3 is 6.18 Å². The first-order valence-corrected chi connectivity index (χ1v) is 8.80. The number of nitrogens with zero attached hydrogens (tertiary/aromatic N) is 5. The Morgan fingerprint density at radius 3 is 2.81 bits per heavy atom. The van der Waals surface area contributed by atoms with Crippen LogP contribution in [0.15, 0.2) is 41.1 Å². The van der Waals surface area contributed by atoms with Gasteiger partial charge in [0, 0.05) is 32.1 Å². The second-order valence-corrected chi connectivity index (χ2v) is 7.02. The summed E-state index contributed by atoms with van der Waals surface area (Å²) in [6.07, 6.45) is -1.06. The van der Waals surface area contributed by atoms with Crippen LogP contribution in [0.1, 0.15) is 21.6 Å². The fraction of sp³-hybridized carbons (Fsp3) is 0.235. The zero-order valence-electron chi connectivity index (χ0n) is 14.0. The third-order valence-corrected chi connectivity index (χ3v) is 4.89. The van der Waals surface area contributed by atoms with Crippen LogP contribution in [0.25, 0.3) is 5.65 Å². The van der Waals surface area contributed by atoms with Crippen molar-refractivity contribution in [2.75, 3.05) is 18.6 Å². The lowest BCUT2D eigenvalue weighted by Crippen LogP contribution is -2.49. The van der Waals surface area contributed by atoms with E-state index in [2.05, 4.69) is 26.0 Å². The first-order chi connectivity index (χ1) is 12.8. The summed E-state index contributed by atoms with van der Waals surface area (Å²) in [5, 5.41) is 7.06. The summed E-state index contributed by atoms with van der Waals surface area (Å²) in [5.74, 6) is -0.401. The van der Waals surface area contributed by atoms with Crippen LogP contribution in [-0.2, 0) is 12.6 Å². The summed E-state index contributed by atoms with van der Waals surface area (Å²) in [7, 11) is 1.57. The van der Waals surface area contributed by atoms with Crippen molar-refractivity contribution in [1.29, 1.82) is 0 Å². The van der Waals surface area contributed by atoms with E-state index in [4.69, 9.17) is 0 Å². The molecule has 0 radical (unpaired) electrons. The van der Waals surface area contributed by atoms with E-state index in [0.717, 1.165) is 6.07 Å². The predicted molar refractivity (Wildman–Crippen MR) is 95.3 cm³/mol. The molecule has 0 bridgehead atoms. The smallest absolute Gasteiger partial charge is 0.285 e. The minimum absolute atomic E-state index is 0.109. The zero-order chi connectivity index (χ0) is 19.3. The molecule has 1 amide bonds. The molecule has 140 valence electrons. The van der Waals surface area contributed by atoms with Gasteiger partial charge in [0.05, 0.1) is 15.7 Å².